The molecule has 0 amide bonds. The van der Waals surface area contributed by atoms with Crippen LogP contribution < -0.4 is 19.1 Å². The van der Waals surface area contributed by atoms with E-state index in [2.05, 4.69) is 11.8 Å². The zero-order valence-corrected chi connectivity index (χ0v) is 19.4. The van der Waals surface area contributed by atoms with Gasteiger partial charge in [-0.1, -0.05) is 13.3 Å². The molecule has 0 bridgehead atoms. The van der Waals surface area contributed by atoms with Gasteiger partial charge in [0.05, 0.1) is 33.1 Å². The second kappa shape index (κ2) is 9.20. The highest BCUT2D eigenvalue weighted by Crippen LogP contribution is 2.41. The zero-order valence-electron chi connectivity index (χ0n) is 19.4. The fraction of sp³-hybridized carbons (Fsp3) is 0.522. The Morgan fingerprint density at radius 2 is 1.69 bits per heavy atom. The van der Waals surface area contributed by atoms with Gasteiger partial charge in [0.15, 0.2) is 23.1 Å². The maximum Gasteiger partial charge on any atom is 0.203 e. The average Bonchev–Trinajstić information content (AvgIpc) is 3.13. The summed E-state index contributed by atoms with van der Waals surface area (Å²) >= 11 is 0. The lowest BCUT2D eigenvalue weighted by atomic mass is 10.1. The number of aliphatic hydroxyl groups excluding tert-OH is 1. The topological polar surface area (TPSA) is 94.8 Å². The fourth-order valence-corrected chi connectivity index (χ4v) is 4.26. The molecular weight excluding hydrogens is 410 g/mol. The largest absolute Gasteiger partial charge is 0.493 e. The lowest BCUT2D eigenvalue weighted by Gasteiger charge is -2.31. The lowest BCUT2D eigenvalue weighted by molar-refractivity contribution is 0.145. The van der Waals surface area contributed by atoms with Crippen molar-refractivity contribution in [3.05, 3.63) is 17.8 Å². The molecule has 3 aromatic rings. The molecule has 0 aliphatic carbocycles. The summed E-state index contributed by atoms with van der Waals surface area (Å²) in [6.07, 6.45) is 2.97. The van der Waals surface area contributed by atoms with E-state index in [1.165, 1.54) is 0 Å². The molecule has 2 aromatic heterocycles. The molecule has 1 aliphatic rings. The van der Waals surface area contributed by atoms with E-state index in [-0.39, 0.29) is 6.10 Å². The number of ether oxygens (including phenoxy) is 3. The summed E-state index contributed by atoms with van der Waals surface area (Å²) in [6, 6.07) is 3.73. The molecule has 0 saturated carbocycles. The number of fused-ring (bicyclic) bond motifs is 1. The average molecular weight is 442 g/mol. The van der Waals surface area contributed by atoms with Gasteiger partial charge in [0.1, 0.15) is 11.0 Å². The Balaban J connectivity index is 1.93. The summed E-state index contributed by atoms with van der Waals surface area (Å²) in [4.78, 5) is 12.1. The lowest BCUT2D eigenvalue weighted by Crippen LogP contribution is -2.36. The first-order chi connectivity index (χ1) is 15.5. The molecule has 9 nitrogen and oxygen atoms in total. The predicted molar refractivity (Wildman–Crippen MR) is 123 cm³/mol. The Hall–Kier alpha value is -3.07. The molecule has 1 aromatic carbocycles. The first-order valence-electron chi connectivity index (χ1n) is 11.0. The van der Waals surface area contributed by atoms with Gasteiger partial charge >= 0.3 is 0 Å². The third-order valence-electron chi connectivity index (χ3n) is 5.91. The van der Waals surface area contributed by atoms with Gasteiger partial charge in [-0.15, -0.1) is 0 Å². The Kier molecular flexibility index (Phi) is 6.36. The van der Waals surface area contributed by atoms with Crippen LogP contribution >= 0.6 is 0 Å². The molecular formula is C23H31N5O4. The molecule has 1 fully saturated rings. The monoisotopic (exact) mass is 441 g/mol. The van der Waals surface area contributed by atoms with E-state index >= 15 is 0 Å². The molecule has 9 heteroatoms. The number of aryl methyl sites for hydroxylation is 2. The smallest absolute Gasteiger partial charge is 0.203 e. The summed E-state index contributed by atoms with van der Waals surface area (Å²) in [7, 11) is 6.70. The van der Waals surface area contributed by atoms with Crippen LogP contribution in [0.3, 0.4) is 0 Å². The summed E-state index contributed by atoms with van der Waals surface area (Å²) in [6.45, 7) is 3.60. The maximum atomic E-state index is 10.00. The SMILES string of the molecule is CCCc1nn(C)c2c(N3CCC(O)CC3)nc(-c3cc(OC)c(OC)c(OC)c3)nc12. The van der Waals surface area contributed by atoms with E-state index in [9.17, 15) is 5.11 Å². The van der Waals surface area contributed by atoms with Crippen LogP contribution in [-0.4, -0.2) is 65.4 Å². The molecule has 0 atom stereocenters. The number of benzene rings is 1. The Labute approximate surface area is 187 Å². The van der Waals surface area contributed by atoms with Gasteiger partial charge in [-0.2, -0.15) is 5.10 Å². The van der Waals surface area contributed by atoms with Crippen LogP contribution in [0.4, 0.5) is 5.82 Å². The van der Waals surface area contributed by atoms with Crippen LogP contribution in [0.2, 0.25) is 0 Å². The molecule has 3 heterocycles. The van der Waals surface area contributed by atoms with Crippen molar-refractivity contribution in [2.75, 3.05) is 39.3 Å². The minimum absolute atomic E-state index is 0.264. The molecule has 0 radical (unpaired) electrons. The van der Waals surface area contributed by atoms with E-state index in [0.717, 1.165) is 54.0 Å². The number of nitrogens with zero attached hydrogens (tertiary/aromatic N) is 5. The van der Waals surface area contributed by atoms with Gasteiger partial charge in [-0.3, -0.25) is 4.68 Å². The van der Waals surface area contributed by atoms with Crippen LogP contribution in [0.25, 0.3) is 22.4 Å². The van der Waals surface area contributed by atoms with Crippen LogP contribution in [0.1, 0.15) is 31.9 Å². The van der Waals surface area contributed by atoms with E-state index in [0.29, 0.717) is 35.9 Å². The van der Waals surface area contributed by atoms with Gasteiger partial charge in [0.2, 0.25) is 5.75 Å². The van der Waals surface area contributed by atoms with Crippen LogP contribution in [0.5, 0.6) is 17.2 Å². The van der Waals surface area contributed by atoms with Crippen molar-refractivity contribution in [2.24, 2.45) is 7.05 Å². The molecule has 32 heavy (non-hydrogen) atoms. The van der Waals surface area contributed by atoms with Gasteiger partial charge in [0.25, 0.3) is 0 Å². The molecule has 1 saturated heterocycles. The first-order valence-corrected chi connectivity index (χ1v) is 11.0. The Morgan fingerprint density at radius 1 is 1.03 bits per heavy atom. The van der Waals surface area contributed by atoms with E-state index in [1.807, 2.05) is 23.9 Å². The van der Waals surface area contributed by atoms with E-state index in [1.54, 1.807) is 21.3 Å². The number of methoxy groups -OCH3 is 3. The number of hydrogen-bond acceptors (Lipinski definition) is 8. The van der Waals surface area contributed by atoms with Crippen molar-refractivity contribution in [3.8, 4) is 28.6 Å². The van der Waals surface area contributed by atoms with Crippen molar-refractivity contribution in [1.82, 2.24) is 19.7 Å². The minimum Gasteiger partial charge on any atom is -0.493 e. The highest BCUT2D eigenvalue weighted by Gasteiger charge is 2.25. The normalized spacial score (nSPS) is 14.8. The van der Waals surface area contributed by atoms with Crippen molar-refractivity contribution >= 4 is 16.9 Å². The van der Waals surface area contributed by atoms with Gasteiger partial charge < -0.3 is 24.2 Å². The molecule has 4 rings (SSSR count). The molecule has 1 N–H and O–H groups in total. The van der Waals surface area contributed by atoms with Gasteiger partial charge in [-0.05, 0) is 31.4 Å². The van der Waals surface area contributed by atoms with Crippen LogP contribution in [0.15, 0.2) is 12.1 Å². The number of aliphatic hydroxyl groups is 1. The van der Waals surface area contributed by atoms with Crippen molar-refractivity contribution in [3.63, 3.8) is 0 Å². The van der Waals surface area contributed by atoms with E-state index in [4.69, 9.17) is 29.3 Å². The van der Waals surface area contributed by atoms with Crippen molar-refractivity contribution < 1.29 is 19.3 Å². The first kappa shape index (κ1) is 22.1. The fourth-order valence-electron chi connectivity index (χ4n) is 4.26. The number of hydrogen-bond donors (Lipinski definition) is 1. The number of piperidine rings is 1. The van der Waals surface area contributed by atoms with Crippen molar-refractivity contribution in [2.45, 2.75) is 38.7 Å². The maximum absolute atomic E-state index is 10.00. The number of aromatic nitrogens is 4. The third kappa shape index (κ3) is 3.92. The molecule has 0 spiro atoms. The highest BCUT2D eigenvalue weighted by molar-refractivity contribution is 5.90. The predicted octanol–water partition coefficient (Wildman–Crippen LogP) is 2.97. The summed E-state index contributed by atoms with van der Waals surface area (Å²) in [5, 5.41) is 14.7. The van der Waals surface area contributed by atoms with Crippen LogP contribution in [0, 0.1) is 0 Å². The number of anilines is 1. The molecule has 0 unspecified atom stereocenters. The summed E-state index contributed by atoms with van der Waals surface area (Å²) < 4.78 is 18.4. The third-order valence-corrected chi connectivity index (χ3v) is 5.91. The minimum atomic E-state index is -0.264. The number of rotatable bonds is 7. The van der Waals surface area contributed by atoms with Crippen LogP contribution in [-0.2, 0) is 13.5 Å². The Bertz CT molecular complexity index is 1080. The van der Waals surface area contributed by atoms with E-state index < -0.39 is 0 Å². The van der Waals surface area contributed by atoms with Gasteiger partial charge in [0, 0.05) is 25.7 Å². The van der Waals surface area contributed by atoms with Crippen molar-refractivity contribution in [1.29, 1.82) is 0 Å². The zero-order chi connectivity index (χ0) is 22.8. The summed E-state index contributed by atoms with van der Waals surface area (Å²) in [5.41, 5.74) is 3.50. The molecule has 1 aliphatic heterocycles. The second-order valence-corrected chi connectivity index (χ2v) is 8.02. The quantitative estimate of drug-likeness (QED) is 0.598. The van der Waals surface area contributed by atoms with Gasteiger partial charge in [-0.25, -0.2) is 9.97 Å². The molecule has 172 valence electrons. The highest BCUT2D eigenvalue weighted by atomic mass is 16.5. The standard InChI is InChI=1S/C23H31N5O4/c1-6-7-16-19-20(27(2)26-16)23(28-10-8-15(29)9-11-28)25-22(24-19)14-12-17(30-3)21(32-5)18(13-14)31-4/h12-13,15,29H,6-11H2,1-5H3. The summed E-state index contributed by atoms with van der Waals surface area (Å²) in [5.74, 6) is 3.03. The second-order valence-electron chi connectivity index (χ2n) is 8.02. The Morgan fingerprint density at radius 3 is 2.25 bits per heavy atom.